The van der Waals surface area contributed by atoms with E-state index in [2.05, 4.69) is 168 Å². The van der Waals surface area contributed by atoms with Crippen LogP contribution < -0.4 is 20.7 Å². The van der Waals surface area contributed by atoms with E-state index in [1.54, 1.807) is 0 Å². The van der Waals surface area contributed by atoms with Gasteiger partial charge in [-0.25, -0.2) is 0 Å². The third-order valence-corrected chi connectivity index (χ3v) is 14.1. The summed E-state index contributed by atoms with van der Waals surface area (Å²) in [5.41, 5.74) is 6.08. The standard InChI is InChI=1S/C44H29N3Si/c45-30-32-24-25-44(47-42-22-12-10-20-39(42)40-21-11-13-23-43(40)47)41(28-32)34-26-33(31-46)27-38(29-34)48(35-14-4-1-5-15-35,36-16-6-2-7-17-36)37-18-8-3-9-19-37/h1-29H. The first-order chi connectivity index (χ1) is 23.7. The molecule has 0 unspecified atom stereocenters. The van der Waals surface area contributed by atoms with Crippen molar-refractivity contribution in [2.24, 2.45) is 0 Å². The molecular weight excluding hydrogens is 599 g/mol. The smallest absolute Gasteiger partial charge is 0.179 e. The van der Waals surface area contributed by atoms with E-state index in [0.29, 0.717) is 11.1 Å². The summed E-state index contributed by atoms with van der Waals surface area (Å²) in [6.07, 6.45) is 0. The largest absolute Gasteiger partial charge is 0.309 e. The highest BCUT2D eigenvalue weighted by molar-refractivity contribution is 7.19. The van der Waals surface area contributed by atoms with Gasteiger partial charge in [0.15, 0.2) is 8.07 Å². The van der Waals surface area contributed by atoms with Gasteiger partial charge in [0.05, 0.1) is 40.0 Å². The summed E-state index contributed by atoms with van der Waals surface area (Å²) < 4.78 is 2.29. The van der Waals surface area contributed by atoms with Crippen molar-refractivity contribution >= 4 is 50.6 Å². The Morgan fingerprint density at radius 2 is 0.896 bits per heavy atom. The summed E-state index contributed by atoms with van der Waals surface area (Å²) in [5.74, 6) is 0. The minimum atomic E-state index is -2.93. The molecule has 0 amide bonds. The first-order valence-corrected chi connectivity index (χ1v) is 18.0. The number of nitrogens with zero attached hydrogens (tertiary/aromatic N) is 3. The van der Waals surface area contributed by atoms with E-state index in [1.807, 2.05) is 24.3 Å². The van der Waals surface area contributed by atoms with Crippen LogP contribution in [-0.2, 0) is 0 Å². The predicted octanol–water partition coefficient (Wildman–Crippen LogP) is 7.57. The molecule has 48 heavy (non-hydrogen) atoms. The molecule has 1 aromatic heterocycles. The maximum absolute atomic E-state index is 10.6. The van der Waals surface area contributed by atoms with Gasteiger partial charge in [0.1, 0.15) is 0 Å². The average molecular weight is 628 g/mol. The van der Waals surface area contributed by atoms with Gasteiger partial charge in [-0.1, -0.05) is 133 Å². The molecule has 0 atom stereocenters. The van der Waals surface area contributed by atoms with Gasteiger partial charge in [-0.3, -0.25) is 0 Å². The van der Waals surface area contributed by atoms with Crippen LogP contribution in [0.1, 0.15) is 11.1 Å². The molecule has 0 radical (unpaired) electrons. The van der Waals surface area contributed by atoms with Crippen LogP contribution in [0.2, 0.25) is 0 Å². The van der Waals surface area contributed by atoms with Crippen molar-refractivity contribution in [3.8, 4) is 29.0 Å². The molecule has 8 aromatic rings. The predicted molar refractivity (Wildman–Crippen MR) is 199 cm³/mol. The van der Waals surface area contributed by atoms with E-state index in [1.165, 1.54) is 26.3 Å². The molecule has 3 nitrogen and oxygen atoms in total. The molecule has 1 heterocycles. The van der Waals surface area contributed by atoms with Crippen LogP contribution in [0.3, 0.4) is 0 Å². The summed E-state index contributed by atoms with van der Waals surface area (Å²) in [4.78, 5) is 0. The van der Waals surface area contributed by atoms with E-state index >= 15 is 0 Å². The minimum absolute atomic E-state index is 0.566. The molecule has 0 aliphatic carbocycles. The maximum Gasteiger partial charge on any atom is 0.179 e. The van der Waals surface area contributed by atoms with Gasteiger partial charge >= 0.3 is 0 Å². The third-order valence-electron chi connectivity index (χ3n) is 9.37. The van der Waals surface area contributed by atoms with E-state index in [4.69, 9.17) is 0 Å². The number of rotatable bonds is 6. The van der Waals surface area contributed by atoms with Gasteiger partial charge in [-0.15, -0.1) is 0 Å². The normalized spacial score (nSPS) is 11.3. The Morgan fingerprint density at radius 3 is 1.40 bits per heavy atom. The summed E-state index contributed by atoms with van der Waals surface area (Å²) in [5, 5.41) is 27.8. The fourth-order valence-electron chi connectivity index (χ4n) is 7.34. The maximum atomic E-state index is 10.6. The zero-order chi connectivity index (χ0) is 32.5. The minimum Gasteiger partial charge on any atom is -0.309 e. The fraction of sp³-hybridized carbons (Fsp3) is 0. The molecule has 8 rings (SSSR count). The number of nitriles is 2. The Hall–Kier alpha value is -6.46. The van der Waals surface area contributed by atoms with Crippen LogP contribution in [0.15, 0.2) is 176 Å². The highest BCUT2D eigenvalue weighted by Crippen LogP contribution is 2.36. The monoisotopic (exact) mass is 627 g/mol. The Bertz CT molecular complexity index is 2370. The molecule has 0 fully saturated rings. The van der Waals surface area contributed by atoms with Gasteiger partial charge < -0.3 is 4.57 Å². The number of benzene rings is 7. The molecule has 0 spiro atoms. The Morgan fingerprint density at radius 1 is 0.417 bits per heavy atom. The molecule has 0 saturated carbocycles. The van der Waals surface area contributed by atoms with E-state index < -0.39 is 8.07 Å². The lowest BCUT2D eigenvalue weighted by Gasteiger charge is -2.35. The van der Waals surface area contributed by atoms with Crippen LogP contribution in [0.4, 0.5) is 0 Å². The molecule has 4 heteroatoms. The van der Waals surface area contributed by atoms with Crippen LogP contribution in [0.25, 0.3) is 38.6 Å². The summed E-state index contributed by atoms with van der Waals surface area (Å²) in [6, 6.07) is 66.1. The molecular formula is C44H29N3Si. The van der Waals surface area contributed by atoms with Crippen molar-refractivity contribution in [3.05, 3.63) is 187 Å². The second kappa shape index (κ2) is 12.0. The van der Waals surface area contributed by atoms with Crippen molar-refractivity contribution in [1.82, 2.24) is 4.57 Å². The second-order valence-corrected chi connectivity index (χ2v) is 15.8. The van der Waals surface area contributed by atoms with Crippen molar-refractivity contribution < 1.29 is 0 Å². The summed E-state index contributed by atoms with van der Waals surface area (Å²) in [6.45, 7) is 0. The molecule has 224 valence electrons. The highest BCUT2D eigenvalue weighted by Gasteiger charge is 2.41. The van der Waals surface area contributed by atoms with E-state index in [-0.39, 0.29) is 0 Å². The van der Waals surface area contributed by atoms with Crippen molar-refractivity contribution in [2.75, 3.05) is 0 Å². The first kappa shape index (κ1) is 29.0. The van der Waals surface area contributed by atoms with Gasteiger partial charge in [0.2, 0.25) is 0 Å². The van der Waals surface area contributed by atoms with E-state index in [0.717, 1.165) is 33.0 Å². The summed E-state index contributed by atoms with van der Waals surface area (Å²) >= 11 is 0. The van der Waals surface area contributed by atoms with Gasteiger partial charge in [0.25, 0.3) is 0 Å². The van der Waals surface area contributed by atoms with Crippen molar-refractivity contribution in [2.45, 2.75) is 0 Å². The first-order valence-electron chi connectivity index (χ1n) is 16.0. The summed E-state index contributed by atoms with van der Waals surface area (Å²) in [7, 11) is -2.93. The number of para-hydroxylation sites is 2. The molecule has 0 bridgehead atoms. The Labute approximate surface area is 280 Å². The lowest BCUT2D eigenvalue weighted by Crippen LogP contribution is -2.74. The molecule has 0 N–H and O–H groups in total. The third kappa shape index (κ3) is 4.64. The van der Waals surface area contributed by atoms with Gasteiger partial charge in [-0.05, 0) is 68.8 Å². The van der Waals surface area contributed by atoms with Crippen LogP contribution >= 0.6 is 0 Å². The van der Waals surface area contributed by atoms with Crippen molar-refractivity contribution in [1.29, 1.82) is 10.5 Å². The lowest BCUT2D eigenvalue weighted by atomic mass is 9.99. The highest BCUT2D eigenvalue weighted by atomic mass is 28.3. The number of hydrogen-bond donors (Lipinski definition) is 0. The van der Waals surface area contributed by atoms with Gasteiger partial charge in [-0.2, -0.15) is 10.5 Å². The molecule has 7 aromatic carbocycles. The quantitative estimate of drug-likeness (QED) is 0.141. The zero-order valence-electron chi connectivity index (χ0n) is 26.1. The second-order valence-electron chi connectivity index (χ2n) is 12.0. The Kier molecular flexibility index (Phi) is 7.27. The van der Waals surface area contributed by atoms with Crippen molar-refractivity contribution in [3.63, 3.8) is 0 Å². The SMILES string of the molecule is N#Cc1cc(-c2cc(C#N)ccc2-n2c3ccccc3c3ccccc32)cc([Si](c2ccccc2)(c2ccccc2)c2ccccc2)c1. The molecule has 0 saturated heterocycles. The fourth-order valence-corrected chi connectivity index (χ4v) is 12.2. The topological polar surface area (TPSA) is 52.5 Å². The molecule has 0 aliphatic heterocycles. The zero-order valence-corrected chi connectivity index (χ0v) is 27.1. The average Bonchev–Trinajstić information content (AvgIpc) is 3.50. The lowest BCUT2D eigenvalue weighted by molar-refractivity contribution is 1.18. The number of hydrogen-bond acceptors (Lipinski definition) is 2. The van der Waals surface area contributed by atoms with E-state index in [9.17, 15) is 10.5 Å². The number of aromatic nitrogens is 1. The van der Waals surface area contributed by atoms with Crippen LogP contribution in [-0.4, -0.2) is 12.6 Å². The molecule has 0 aliphatic rings. The van der Waals surface area contributed by atoms with Crippen LogP contribution in [0, 0.1) is 22.7 Å². The number of fused-ring (bicyclic) bond motifs is 3. The van der Waals surface area contributed by atoms with Crippen LogP contribution in [0.5, 0.6) is 0 Å². The van der Waals surface area contributed by atoms with Gasteiger partial charge in [0, 0.05) is 16.3 Å². The Balaban J connectivity index is 1.48.